The first-order valence-corrected chi connectivity index (χ1v) is 11.3. The van der Waals surface area contributed by atoms with Crippen LogP contribution in [0.15, 0.2) is 82.7 Å². The molecule has 3 heterocycles. The molecule has 5 aromatic rings. The van der Waals surface area contributed by atoms with E-state index in [0.717, 1.165) is 27.6 Å². The Morgan fingerprint density at radius 2 is 1.81 bits per heavy atom. The molecule has 0 saturated heterocycles. The maximum atomic E-state index is 12.6. The molecular formula is C24H19ClN4OS. The molecule has 0 aliphatic rings. The van der Waals surface area contributed by atoms with Crippen LogP contribution in [0.1, 0.15) is 17.0 Å². The van der Waals surface area contributed by atoms with Crippen LogP contribution in [-0.4, -0.2) is 18.9 Å². The summed E-state index contributed by atoms with van der Waals surface area (Å²) in [5.74, 6) is 0.547. The molecule has 3 aromatic heterocycles. The molecule has 0 unspecified atom stereocenters. The van der Waals surface area contributed by atoms with Crippen molar-refractivity contribution < 1.29 is 0 Å². The Morgan fingerprint density at radius 1 is 0.968 bits per heavy atom. The Bertz CT molecular complexity index is 1460. The first kappa shape index (κ1) is 19.8. The Balaban J connectivity index is 1.51. The third-order valence-electron chi connectivity index (χ3n) is 5.14. The summed E-state index contributed by atoms with van der Waals surface area (Å²) >= 11 is 7.77. The average Bonchev–Trinajstić information content (AvgIpc) is 3.09. The third-order valence-corrected chi connectivity index (χ3v) is 6.39. The van der Waals surface area contributed by atoms with Gasteiger partial charge in [-0.3, -0.25) is 9.20 Å². The fraction of sp³-hybridized carbons (Fsp3) is 0.125. The number of imidazole rings is 1. The van der Waals surface area contributed by atoms with Crippen molar-refractivity contribution in [2.24, 2.45) is 0 Å². The van der Waals surface area contributed by atoms with Crippen LogP contribution >= 0.6 is 23.4 Å². The van der Waals surface area contributed by atoms with Gasteiger partial charge < -0.3 is 4.57 Å². The molecule has 5 nitrogen and oxygen atoms in total. The topological polar surface area (TPSA) is 52.2 Å². The molecule has 0 spiro atoms. The van der Waals surface area contributed by atoms with Gasteiger partial charge in [0, 0.05) is 22.5 Å². The highest BCUT2D eigenvalue weighted by atomic mass is 35.5. The molecule has 0 N–H and O–H groups in total. The number of halogens is 1. The van der Waals surface area contributed by atoms with Gasteiger partial charge in [0.05, 0.1) is 23.3 Å². The average molecular weight is 447 g/mol. The molecule has 154 valence electrons. The van der Waals surface area contributed by atoms with Crippen molar-refractivity contribution in [2.75, 3.05) is 0 Å². The summed E-state index contributed by atoms with van der Waals surface area (Å²) < 4.78 is 3.81. The highest BCUT2D eigenvalue weighted by Crippen LogP contribution is 2.29. The number of nitrogens with zero attached hydrogens (tertiary/aromatic N) is 4. The van der Waals surface area contributed by atoms with Crippen molar-refractivity contribution >= 4 is 40.0 Å². The molecular weight excluding hydrogens is 428 g/mol. The van der Waals surface area contributed by atoms with Crippen LogP contribution < -0.4 is 5.56 Å². The van der Waals surface area contributed by atoms with Crippen molar-refractivity contribution in [3.8, 4) is 0 Å². The van der Waals surface area contributed by atoms with E-state index in [4.69, 9.17) is 16.6 Å². The van der Waals surface area contributed by atoms with E-state index in [2.05, 4.69) is 21.7 Å². The number of hydrogen-bond acceptors (Lipinski definition) is 4. The van der Waals surface area contributed by atoms with E-state index in [-0.39, 0.29) is 5.56 Å². The van der Waals surface area contributed by atoms with Crippen molar-refractivity contribution in [1.29, 1.82) is 0 Å². The van der Waals surface area contributed by atoms with Gasteiger partial charge in [0.25, 0.3) is 5.56 Å². The zero-order valence-electron chi connectivity index (χ0n) is 16.8. The molecule has 2 aromatic carbocycles. The Morgan fingerprint density at radius 3 is 2.65 bits per heavy atom. The lowest BCUT2D eigenvalue weighted by molar-refractivity contribution is 0.731. The molecule has 31 heavy (non-hydrogen) atoms. The molecule has 0 amide bonds. The third kappa shape index (κ3) is 3.96. The van der Waals surface area contributed by atoms with E-state index >= 15 is 0 Å². The summed E-state index contributed by atoms with van der Waals surface area (Å²) in [5.41, 5.74) is 5.27. The van der Waals surface area contributed by atoms with Crippen molar-refractivity contribution in [3.63, 3.8) is 0 Å². The highest BCUT2D eigenvalue weighted by Gasteiger charge is 2.14. The van der Waals surface area contributed by atoms with E-state index in [9.17, 15) is 4.79 Å². The zero-order chi connectivity index (χ0) is 21.4. The van der Waals surface area contributed by atoms with Gasteiger partial charge in [-0.2, -0.15) is 0 Å². The molecule has 5 rings (SSSR count). The van der Waals surface area contributed by atoms with Crippen LogP contribution in [0.5, 0.6) is 0 Å². The maximum Gasteiger partial charge on any atom is 0.258 e. The first-order chi connectivity index (χ1) is 15.1. The summed E-state index contributed by atoms with van der Waals surface area (Å²) in [6.07, 6.45) is 0. The van der Waals surface area contributed by atoms with Gasteiger partial charge in [-0.15, -0.1) is 0 Å². The second kappa shape index (κ2) is 8.21. The fourth-order valence-electron chi connectivity index (χ4n) is 3.69. The highest BCUT2D eigenvalue weighted by molar-refractivity contribution is 7.98. The molecule has 7 heteroatoms. The van der Waals surface area contributed by atoms with Gasteiger partial charge in [0.1, 0.15) is 5.65 Å². The van der Waals surface area contributed by atoms with Crippen molar-refractivity contribution in [2.45, 2.75) is 24.4 Å². The van der Waals surface area contributed by atoms with E-state index in [1.807, 2.05) is 61.5 Å². The molecule has 0 atom stereocenters. The minimum Gasteiger partial charge on any atom is -0.314 e. The van der Waals surface area contributed by atoms with Crippen LogP contribution in [0, 0.1) is 6.92 Å². The number of aromatic nitrogens is 4. The predicted octanol–water partition coefficient (Wildman–Crippen LogP) is 5.35. The number of hydrogen-bond donors (Lipinski definition) is 0. The molecule has 0 saturated carbocycles. The van der Waals surface area contributed by atoms with Gasteiger partial charge in [-0.05, 0) is 42.8 Å². The minimum absolute atomic E-state index is 0.0664. The van der Waals surface area contributed by atoms with Crippen LogP contribution in [-0.2, 0) is 12.3 Å². The van der Waals surface area contributed by atoms with Crippen molar-refractivity contribution in [3.05, 3.63) is 105 Å². The molecule has 0 bridgehead atoms. The molecule has 0 aliphatic heterocycles. The Kier molecular flexibility index (Phi) is 5.26. The monoisotopic (exact) mass is 446 g/mol. The summed E-state index contributed by atoms with van der Waals surface area (Å²) in [6, 6.07) is 23.3. The quantitative estimate of drug-likeness (QED) is 0.342. The van der Waals surface area contributed by atoms with Crippen LogP contribution in [0.25, 0.3) is 16.7 Å². The van der Waals surface area contributed by atoms with Gasteiger partial charge in [-0.1, -0.05) is 59.8 Å². The van der Waals surface area contributed by atoms with E-state index in [1.54, 1.807) is 22.2 Å². The number of fused-ring (bicyclic) bond motifs is 2. The normalized spacial score (nSPS) is 11.4. The van der Waals surface area contributed by atoms with Crippen LogP contribution in [0.4, 0.5) is 0 Å². The number of aryl methyl sites for hydroxylation is 1. The van der Waals surface area contributed by atoms with Crippen molar-refractivity contribution in [1.82, 2.24) is 18.9 Å². The second-order valence-electron chi connectivity index (χ2n) is 7.33. The van der Waals surface area contributed by atoms with Gasteiger partial charge >= 0.3 is 0 Å². The lowest BCUT2D eigenvalue weighted by atomic mass is 10.2. The second-order valence-corrected chi connectivity index (χ2v) is 8.71. The minimum atomic E-state index is -0.0664. The first-order valence-electron chi connectivity index (χ1n) is 9.89. The maximum absolute atomic E-state index is 12.6. The molecule has 0 radical (unpaired) electrons. The summed E-state index contributed by atoms with van der Waals surface area (Å²) in [4.78, 5) is 22.1. The van der Waals surface area contributed by atoms with Crippen LogP contribution in [0.2, 0.25) is 5.02 Å². The molecule has 0 fully saturated rings. The molecule has 0 aliphatic carbocycles. The SMILES string of the molecule is Cc1cccc2nc(CSc3nc4cc(Cl)ccc4n3Cc3ccccc3)cc(=O)n12. The van der Waals surface area contributed by atoms with Gasteiger partial charge in [-0.25, -0.2) is 9.97 Å². The fourth-order valence-corrected chi connectivity index (χ4v) is 4.76. The standard InChI is InChI=1S/C24H19ClN4OS/c1-16-6-5-9-22-26-19(13-23(30)29(16)22)15-31-24-27-20-12-18(25)10-11-21(20)28(24)14-17-7-3-2-4-8-17/h2-13H,14-15H2,1H3. The van der Waals surface area contributed by atoms with E-state index in [0.29, 0.717) is 23.0 Å². The summed E-state index contributed by atoms with van der Waals surface area (Å²) in [7, 11) is 0. The lowest BCUT2D eigenvalue weighted by Gasteiger charge is -2.10. The van der Waals surface area contributed by atoms with E-state index in [1.165, 1.54) is 5.56 Å². The summed E-state index contributed by atoms with van der Waals surface area (Å²) in [6.45, 7) is 2.61. The number of pyridine rings is 1. The lowest BCUT2D eigenvalue weighted by Crippen LogP contribution is -2.17. The van der Waals surface area contributed by atoms with Crippen LogP contribution in [0.3, 0.4) is 0 Å². The number of rotatable bonds is 5. The van der Waals surface area contributed by atoms with Gasteiger partial charge in [0.2, 0.25) is 0 Å². The Hall–Kier alpha value is -3.09. The summed E-state index contributed by atoms with van der Waals surface area (Å²) in [5, 5.41) is 1.53. The van der Waals surface area contributed by atoms with E-state index < -0.39 is 0 Å². The largest absolute Gasteiger partial charge is 0.314 e. The number of thioether (sulfide) groups is 1. The predicted molar refractivity (Wildman–Crippen MR) is 126 cm³/mol. The number of benzene rings is 2. The smallest absolute Gasteiger partial charge is 0.258 e. The Labute approximate surface area is 188 Å². The van der Waals surface area contributed by atoms with Gasteiger partial charge in [0.15, 0.2) is 5.16 Å². The zero-order valence-corrected chi connectivity index (χ0v) is 18.4.